The van der Waals surface area contributed by atoms with Crippen LogP contribution in [0.1, 0.15) is 31.9 Å². The van der Waals surface area contributed by atoms with E-state index >= 15 is 0 Å². The highest BCUT2D eigenvalue weighted by Gasteiger charge is 2.39. The monoisotopic (exact) mass is 370 g/mol. The molecule has 0 unspecified atom stereocenters. The van der Waals surface area contributed by atoms with Gasteiger partial charge >= 0.3 is 0 Å². The van der Waals surface area contributed by atoms with Gasteiger partial charge in [0.1, 0.15) is 5.82 Å². The van der Waals surface area contributed by atoms with E-state index in [0.717, 1.165) is 55.8 Å². The number of piperidine rings is 1. The molecular formula is C21H27FN4O. The van der Waals surface area contributed by atoms with E-state index in [4.69, 9.17) is 0 Å². The highest BCUT2D eigenvalue weighted by Crippen LogP contribution is 2.37. The van der Waals surface area contributed by atoms with Crippen molar-refractivity contribution in [2.45, 2.75) is 38.8 Å². The molecular weight excluding hydrogens is 343 g/mol. The predicted octanol–water partition coefficient (Wildman–Crippen LogP) is 2.96. The van der Waals surface area contributed by atoms with Crippen LogP contribution < -0.4 is 5.32 Å². The van der Waals surface area contributed by atoms with Gasteiger partial charge in [0.25, 0.3) is 0 Å². The van der Waals surface area contributed by atoms with E-state index < -0.39 is 0 Å². The smallest absolute Gasteiger partial charge is 0.223 e. The number of nitrogens with zero attached hydrogens (tertiary/aromatic N) is 3. The number of halogens is 1. The SMILES string of the molecule is C[C@@H]1C[C@H]1C(=O)NC1CCN(Cc2cc(-c3ccc(F)cc3)nn2C)CC1. The molecule has 1 aliphatic heterocycles. The number of carbonyl (C=O) groups is 1. The largest absolute Gasteiger partial charge is 0.353 e. The van der Waals surface area contributed by atoms with Crippen molar-refractivity contribution in [2.75, 3.05) is 13.1 Å². The molecule has 1 aromatic heterocycles. The van der Waals surface area contributed by atoms with Crippen LogP contribution in [0.25, 0.3) is 11.3 Å². The summed E-state index contributed by atoms with van der Waals surface area (Å²) >= 11 is 0. The van der Waals surface area contributed by atoms with Crippen molar-refractivity contribution in [1.29, 1.82) is 0 Å². The molecule has 1 aromatic carbocycles. The molecule has 0 spiro atoms. The molecule has 1 N–H and O–H groups in total. The molecule has 4 rings (SSSR count). The number of rotatable bonds is 5. The standard InChI is InChI=1S/C21H27FN4O/c1-14-11-19(14)21(27)23-17-7-9-26(10-8-17)13-18-12-20(24-25(18)2)15-3-5-16(22)6-4-15/h3-6,12,14,17,19H,7-11,13H2,1-2H3,(H,23,27)/t14-,19-/m1/s1. The van der Waals surface area contributed by atoms with Gasteiger partial charge in [-0.15, -0.1) is 0 Å². The molecule has 1 aliphatic carbocycles. The molecule has 2 atom stereocenters. The van der Waals surface area contributed by atoms with Gasteiger partial charge in [-0.05, 0) is 55.5 Å². The number of carbonyl (C=O) groups excluding carboxylic acids is 1. The van der Waals surface area contributed by atoms with E-state index in [1.165, 1.54) is 12.1 Å². The summed E-state index contributed by atoms with van der Waals surface area (Å²) in [5.41, 5.74) is 2.94. The normalized spacial score (nSPS) is 23.4. The second kappa shape index (κ2) is 7.43. The summed E-state index contributed by atoms with van der Waals surface area (Å²) in [5.74, 6) is 0.824. The maximum Gasteiger partial charge on any atom is 0.223 e. The molecule has 2 aromatic rings. The number of aromatic nitrogens is 2. The molecule has 5 nitrogen and oxygen atoms in total. The molecule has 2 fully saturated rings. The zero-order valence-electron chi connectivity index (χ0n) is 16.0. The summed E-state index contributed by atoms with van der Waals surface area (Å²) in [7, 11) is 1.95. The summed E-state index contributed by atoms with van der Waals surface area (Å²) in [5, 5.41) is 7.80. The molecule has 6 heteroatoms. The average Bonchev–Trinajstić information content (AvgIpc) is 3.28. The zero-order valence-corrected chi connectivity index (χ0v) is 16.0. The zero-order chi connectivity index (χ0) is 19.0. The first-order chi connectivity index (χ1) is 13.0. The second-order valence-corrected chi connectivity index (χ2v) is 8.03. The number of hydrogen-bond acceptors (Lipinski definition) is 3. The fourth-order valence-corrected chi connectivity index (χ4v) is 3.88. The lowest BCUT2D eigenvalue weighted by Gasteiger charge is -2.32. The van der Waals surface area contributed by atoms with Gasteiger partial charge in [-0.3, -0.25) is 14.4 Å². The highest BCUT2D eigenvalue weighted by molar-refractivity contribution is 5.81. The van der Waals surface area contributed by atoms with Crippen molar-refractivity contribution in [3.8, 4) is 11.3 Å². The third-order valence-corrected chi connectivity index (χ3v) is 5.88. The first kappa shape index (κ1) is 18.2. The van der Waals surface area contributed by atoms with Crippen molar-refractivity contribution >= 4 is 5.91 Å². The lowest BCUT2D eigenvalue weighted by Crippen LogP contribution is -2.45. The van der Waals surface area contributed by atoms with Crippen molar-refractivity contribution in [3.05, 3.63) is 41.8 Å². The van der Waals surface area contributed by atoms with Crippen LogP contribution in [-0.2, 0) is 18.4 Å². The van der Waals surface area contributed by atoms with Gasteiger partial charge in [-0.2, -0.15) is 5.10 Å². The van der Waals surface area contributed by atoms with Gasteiger partial charge in [0.05, 0.1) is 11.4 Å². The number of nitrogens with one attached hydrogen (secondary N) is 1. The summed E-state index contributed by atoms with van der Waals surface area (Å²) in [6, 6.07) is 8.83. The summed E-state index contributed by atoms with van der Waals surface area (Å²) in [4.78, 5) is 14.5. The van der Waals surface area contributed by atoms with Gasteiger partial charge in [-0.1, -0.05) is 6.92 Å². The highest BCUT2D eigenvalue weighted by atomic mass is 19.1. The van der Waals surface area contributed by atoms with E-state index in [9.17, 15) is 9.18 Å². The van der Waals surface area contributed by atoms with Crippen LogP contribution >= 0.6 is 0 Å². The third kappa shape index (κ3) is 4.21. The summed E-state index contributed by atoms with van der Waals surface area (Å²) in [6.07, 6.45) is 3.03. The fraction of sp³-hybridized carbons (Fsp3) is 0.524. The second-order valence-electron chi connectivity index (χ2n) is 8.03. The van der Waals surface area contributed by atoms with E-state index in [1.807, 2.05) is 11.7 Å². The average molecular weight is 370 g/mol. The van der Waals surface area contributed by atoms with Crippen LogP contribution in [0.4, 0.5) is 4.39 Å². The summed E-state index contributed by atoms with van der Waals surface area (Å²) in [6.45, 7) is 4.93. The molecule has 0 bridgehead atoms. The molecule has 2 heterocycles. The molecule has 27 heavy (non-hydrogen) atoms. The fourth-order valence-electron chi connectivity index (χ4n) is 3.88. The van der Waals surface area contributed by atoms with Crippen LogP contribution in [0.3, 0.4) is 0 Å². The van der Waals surface area contributed by atoms with Crippen LogP contribution in [0.15, 0.2) is 30.3 Å². The lowest BCUT2D eigenvalue weighted by atomic mass is 10.0. The number of amides is 1. The molecule has 0 radical (unpaired) electrons. The van der Waals surface area contributed by atoms with E-state index in [-0.39, 0.29) is 17.6 Å². The van der Waals surface area contributed by atoms with Crippen LogP contribution in [0, 0.1) is 17.7 Å². The minimum Gasteiger partial charge on any atom is -0.353 e. The first-order valence-corrected chi connectivity index (χ1v) is 9.81. The number of aryl methyl sites for hydroxylation is 1. The Labute approximate surface area is 159 Å². The quantitative estimate of drug-likeness (QED) is 0.880. The Morgan fingerprint density at radius 1 is 1.26 bits per heavy atom. The maximum absolute atomic E-state index is 13.1. The maximum atomic E-state index is 13.1. The number of likely N-dealkylation sites (tertiary alicyclic amines) is 1. The van der Waals surface area contributed by atoms with Gasteiger partial charge in [-0.25, -0.2) is 4.39 Å². The topological polar surface area (TPSA) is 50.2 Å². The van der Waals surface area contributed by atoms with Crippen molar-refractivity contribution in [2.24, 2.45) is 18.9 Å². The first-order valence-electron chi connectivity index (χ1n) is 9.81. The molecule has 1 amide bonds. The minimum absolute atomic E-state index is 0.235. The van der Waals surface area contributed by atoms with Gasteiger partial charge in [0, 0.05) is 44.2 Å². The van der Waals surface area contributed by atoms with Gasteiger partial charge in [0.2, 0.25) is 5.91 Å². The lowest BCUT2D eigenvalue weighted by molar-refractivity contribution is -0.123. The Morgan fingerprint density at radius 2 is 1.93 bits per heavy atom. The Hall–Kier alpha value is -2.21. The molecule has 1 saturated heterocycles. The van der Waals surface area contributed by atoms with E-state index in [1.54, 1.807) is 12.1 Å². The summed E-state index contributed by atoms with van der Waals surface area (Å²) < 4.78 is 15.0. The molecule has 144 valence electrons. The van der Waals surface area contributed by atoms with Crippen LogP contribution in [-0.4, -0.2) is 39.7 Å². The number of hydrogen-bond donors (Lipinski definition) is 1. The Kier molecular flexibility index (Phi) is 5.00. The van der Waals surface area contributed by atoms with E-state index in [2.05, 4.69) is 28.3 Å². The molecule has 1 saturated carbocycles. The van der Waals surface area contributed by atoms with Crippen molar-refractivity contribution in [3.63, 3.8) is 0 Å². The minimum atomic E-state index is -0.235. The van der Waals surface area contributed by atoms with Gasteiger partial charge < -0.3 is 5.32 Å². The van der Waals surface area contributed by atoms with E-state index in [0.29, 0.717) is 12.0 Å². The van der Waals surface area contributed by atoms with Gasteiger partial charge in [0.15, 0.2) is 0 Å². The third-order valence-electron chi connectivity index (χ3n) is 5.88. The Morgan fingerprint density at radius 3 is 2.56 bits per heavy atom. The predicted molar refractivity (Wildman–Crippen MR) is 102 cm³/mol. The van der Waals surface area contributed by atoms with Crippen LogP contribution in [0.2, 0.25) is 0 Å². The van der Waals surface area contributed by atoms with Crippen molar-refractivity contribution in [1.82, 2.24) is 20.0 Å². The van der Waals surface area contributed by atoms with Crippen molar-refractivity contribution < 1.29 is 9.18 Å². The Balaban J connectivity index is 1.31. The Bertz CT molecular complexity index is 808. The molecule has 2 aliphatic rings. The number of benzene rings is 1. The van der Waals surface area contributed by atoms with Crippen LogP contribution in [0.5, 0.6) is 0 Å².